The van der Waals surface area contributed by atoms with Crippen LogP contribution in [0.5, 0.6) is 0 Å². The van der Waals surface area contributed by atoms with Gasteiger partial charge in [0.1, 0.15) is 5.82 Å². The van der Waals surface area contributed by atoms with E-state index in [1.165, 1.54) is 0 Å². The van der Waals surface area contributed by atoms with Crippen molar-refractivity contribution in [1.82, 2.24) is 9.78 Å². The fourth-order valence-corrected chi connectivity index (χ4v) is 1.61. The van der Waals surface area contributed by atoms with E-state index in [1.54, 1.807) is 6.20 Å². The summed E-state index contributed by atoms with van der Waals surface area (Å²) in [5.41, 5.74) is 0. The van der Waals surface area contributed by atoms with E-state index < -0.39 is 0 Å². The highest BCUT2D eigenvalue weighted by molar-refractivity contribution is 9.10. The Kier molecular flexibility index (Phi) is 1.99. The summed E-state index contributed by atoms with van der Waals surface area (Å²) in [5, 5.41) is 4.07. The SMILES string of the molecule is CN(C)c1c(Br)cnn1C. The van der Waals surface area contributed by atoms with Crippen molar-refractivity contribution in [2.75, 3.05) is 19.0 Å². The molecule has 0 amide bonds. The second-order valence-corrected chi connectivity index (χ2v) is 3.19. The molecule has 1 rings (SSSR count). The summed E-state index contributed by atoms with van der Waals surface area (Å²) in [7, 11) is 5.89. The van der Waals surface area contributed by atoms with Crippen LogP contribution in [-0.4, -0.2) is 23.9 Å². The summed E-state index contributed by atoms with van der Waals surface area (Å²) in [6.07, 6.45) is 1.79. The Bertz CT molecular complexity index is 209. The molecule has 0 N–H and O–H groups in total. The quantitative estimate of drug-likeness (QED) is 0.686. The Hall–Kier alpha value is -0.510. The molecule has 4 heteroatoms. The van der Waals surface area contributed by atoms with Gasteiger partial charge in [-0.2, -0.15) is 5.10 Å². The number of anilines is 1. The van der Waals surface area contributed by atoms with Gasteiger partial charge in [-0.25, -0.2) is 0 Å². The van der Waals surface area contributed by atoms with E-state index in [9.17, 15) is 0 Å². The molecular formula is C6H10BrN3. The van der Waals surface area contributed by atoms with Crippen molar-refractivity contribution in [3.05, 3.63) is 10.7 Å². The Morgan fingerprint density at radius 2 is 2.20 bits per heavy atom. The zero-order chi connectivity index (χ0) is 7.72. The maximum Gasteiger partial charge on any atom is 0.140 e. The minimum atomic E-state index is 1.03. The van der Waals surface area contributed by atoms with Crippen LogP contribution in [-0.2, 0) is 7.05 Å². The molecule has 1 heterocycles. The van der Waals surface area contributed by atoms with Crippen molar-refractivity contribution in [1.29, 1.82) is 0 Å². The highest BCUT2D eigenvalue weighted by atomic mass is 79.9. The fraction of sp³-hybridized carbons (Fsp3) is 0.500. The first kappa shape index (κ1) is 7.60. The van der Waals surface area contributed by atoms with Crippen LogP contribution < -0.4 is 4.90 Å². The molecular weight excluding hydrogens is 194 g/mol. The van der Waals surface area contributed by atoms with Crippen molar-refractivity contribution in [2.24, 2.45) is 7.05 Å². The summed E-state index contributed by atoms with van der Waals surface area (Å²) in [6, 6.07) is 0. The highest BCUT2D eigenvalue weighted by Crippen LogP contribution is 2.22. The molecule has 0 aliphatic heterocycles. The number of aromatic nitrogens is 2. The molecule has 0 saturated carbocycles. The third kappa shape index (κ3) is 1.16. The molecule has 0 radical (unpaired) electrons. The molecule has 0 bridgehead atoms. The lowest BCUT2D eigenvalue weighted by Gasteiger charge is -2.12. The molecule has 0 aromatic carbocycles. The molecule has 0 atom stereocenters. The first-order valence-corrected chi connectivity index (χ1v) is 3.77. The molecule has 0 saturated heterocycles. The molecule has 0 aliphatic carbocycles. The lowest BCUT2D eigenvalue weighted by atomic mass is 10.6. The Morgan fingerprint density at radius 3 is 2.40 bits per heavy atom. The average molecular weight is 204 g/mol. The number of nitrogens with zero attached hydrogens (tertiary/aromatic N) is 3. The lowest BCUT2D eigenvalue weighted by Crippen LogP contribution is -2.13. The Balaban J connectivity index is 3.10. The smallest absolute Gasteiger partial charge is 0.140 e. The molecule has 0 unspecified atom stereocenters. The van der Waals surface area contributed by atoms with Crippen LogP contribution in [0.3, 0.4) is 0 Å². The number of hydrogen-bond acceptors (Lipinski definition) is 2. The van der Waals surface area contributed by atoms with Crippen LogP contribution in [0.1, 0.15) is 0 Å². The van der Waals surface area contributed by atoms with E-state index in [0.29, 0.717) is 0 Å². The summed E-state index contributed by atoms with van der Waals surface area (Å²) in [4.78, 5) is 2.01. The van der Waals surface area contributed by atoms with E-state index in [-0.39, 0.29) is 0 Å². The number of aryl methyl sites for hydroxylation is 1. The van der Waals surface area contributed by atoms with Gasteiger partial charge in [0, 0.05) is 21.1 Å². The van der Waals surface area contributed by atoms with Crippen molar-refractivity contribution in [3.8, 4) is 0 Å². The second-order valence-electron chi connectivity index (χ2n) is 2.33. The van der Waals surface area contributed by atoms with E-state index in [0.717, 1.165) is 10.3 Å². The molecule has 10 heavy (non-hydrogen) atoms. The van der Waals surface area contributed by atoms with Gasteiger partial charge in [0.05, 0.1) is 10.7 Å². The maximum atomic E-state index is 4.07. The standard InChI is InChI=1S/C6H10BrN3/c1-9(2)6-5(7)4-8-10(6)3/h4H,1-3H3. The first-order chi connectivity index (χ1) is 4.63. The van der Waals surface area contributed by atoms with Gasteiger partial charge in [0.2, 0.25) is 0 Å². The molecule has 1 aromatic heterocycles. The van der Waals surface area contributed by atoms with Crippen molar-refractivity contribution >= 4 is 21.7 Å². The predicted molar refractivity (Wildman–Crippen MR) is 45.2 cm³/mol. The fourth-order valence-electron chi connectivity index (χ4n) is 0.907. The highest BCUT2D eigenvalue weighted by Gasteiger charge is 2.05. The van der Waals surface area contributed by atoms with Gasteiger partial charge in [-0.1, -0.05) is 0 Å². The third-order valence-corrected chi connectivity index (χ3v) is 1.85. The van der Waals surface area contributed by atoms with Crippen LogP contribution >= 0.6 is 15.9 Å². The first-order valence-electron chi connectivity index (χ1n) is 2.97. The normalized spacial score (nSPS) is 10.0. The van der Waals surface area contributed by atoms with Gasteiger partial charge in [0.25, 0.3) is 0 Å². The third-order valence-electron chi connectivity index (χ3n) is 1.29. The molecule has 0 fully saturated rings. The van der Waals surface area contributed by atoms with E-state index in [4.69, 9.17) is 0 Å². The summed E-state index contributed by atoms with van der Waals surface area (Å²) >= 11 is 3.39. The zero-order valence-electron chi connectivity index (χ0n) is 6.30. The van der Waals surface area contributed by atoms with Gasteiger partial charge in [-0.05, 0) is 15.9 Å². The van der Waals surface area contributed by atoms with Gasteiger partial charge < -0.3 is 4.90 Å². The van der Waals surface area contributed by atoms with Crippen molar-refractivity contribution in [3.63, 3.8) is 0 Å². The van der Waals surface area contributed by atoms with Crippen LogP contribution in [0.2, 0.25) is 0 Å². The van der Waals surface area contributed by atoms with E-state index in [2.05, 4.69) is 21.0 Å². The zero-order valence-corrected chi connectivity index (χ0v) is 7.88. The Morgan fingerprint density at radius 1 is 1.60 bits per heavy atom. The summed E-state index contributed by atoms with van der Waals surface area (Å²) in [6.45, 7) is 0. The lowest BCUT2D eigenvalue weighted by molar-refractivity contribution is 0.754. The van der Waals surface area contributed by atoms with Crippen LogP contribution in [0.25, 0.3) is 0 Å². The number of halogens is 1. The molecule has 56 valence electrons. The monoisotopic (exact) mass is 203 g/mol. The predicted octanol–water partition coefficient (Wildman–Crippen LogP) is 1.25. The largest absolute Gasteiger partial charge is 0.362 e. The van der Waals surface area contributed by atoms with E-state index >= 15 is 0 Å². The minimum absolute atomic E-state index is 1.03. The topological polar surface area (TPSA) is 21.1 Å². The van der Waals surface area contributed by atoms with Crippen LogP contribution in [0.4, 0.5) is 5.82 Å². The summed E-state index contributed by atoms with van der Waals surface area (Å²) in [5.74, 6) is 1.08. The summed E-state index contributed by atoms with van der Waals surface area (Å²) < 4.78 is 2.85. The van der Waals surface area contributed by atoms with Gasteiger partial charge >= 0.3 is 0 Å². The second kappa shape index (κ2) is 2.62. The molecule has 0 spiro atoms. The number of rotatable bonds is 1. The Labute approximate surface area is 68.8 Å². The van der Waals surface area contributed by atoms with Gasteiger partial charge in [-0.15, -0.1) is 0 Å². The van der Waals surface area contributed by atoms with Crippen LogP contribution in [0, 0.1) is 0 Å². The van der Waals surface area contributed by atoms with E-state index in [1.807, 2.05) is 30.7 Å². The maximum absolute atomic E-state index is 4.07. The number of hydrogen-bond donors (Lipinski definition) is 0. The minimum Gasteiger partial charge on any atom is -0.362 e. The molecule has 3 nitrogen and oxygen atoms in total. The average Bonchev–Trinajstić information content (AvgIpc) is 2.11. The van der Waals surface area contributed by atoms with Gasteiger partial charge in [0.15, 0.2) is 0 Å². The van der Waals surface area contributed by atoms with Crippen molar-refractivity contribution in [2.45, 2.75) is 0 Å². The van der Waals surface area contributed by atoms with Gasteiger partial charge in [-0.3, -0.25) is 4.68 Å². The van der Waals surface area contributed by atoms with Crippen LogP contribution in [0.15, 0.2) is 10.7 Å². The van der Waals surface area contributed by atoms with Crippen molar-refractivity contribution < 1.29 is 0 Å². The molecule has 1 aromatic rings. The molecule has 0 aliphatic rings.